The monoisotopic (exact) mass is 357 g/mol. The molecule has 3 aromatic rings. The predicted molar refractivity (Wildman–Crippen MR) is 107 cm³/mol. The summed E-state index contributed by atoms with van der Waals surface area (Å²) >= 11 is 0. The van der Waals surface area contributed by atoms with E-state index in [1.165, 1.54) is 11.1 Å². The van der Waals surface area contributed by atoms with Crippen LogP contribution in [0.15, 0.2) is 78.9 Å². The lowest BCUT2D eigenvalue weighted by atomic mass is 9.78. The number of nitriles is 1. The molecule has 3 nitrogen and oxygen atoms in total. The molecule has 3 aromatic carbocycles. The highest BCUT2D eigenvalue weighted by Crippen LogP contribution is 2.32. The molecule has 0 aliphatic carbocycles. The Hall–Kier alpha value is -3.25. The molecule has 0 saturated heterocycles. The van der Waals surface area contributed by atoms with Gasteiger partial charge in [0.1, 0.15) is 24.7 Å². The van der Waals surface area contributed by atoms with Crippen LogP contribution < -0.4 is 9.47 Å². The van der Waals surface area contributed by atoms with E-state index in [-0.39, 0.29) is 5.41 Å². The van der Waals surface area contributed by atoms with E-state index in [9.17, 15) is 0 Å². The summed E-state index contributed by atoms with van der Waals surface area (Å²) in [7, 11) is 0. The zero-order valence-corrected chi connectivity index (χ0v) is 15.7. The molecule has 0 aliphatic rings. The molecule has 27 heavy (non-hydrogen) atoms. The lowest BCUT2D eigenvalue weighted by Crippen LogP contribution is -2.18. The van der Waals surface area contributed by atoms with Crippen molar-refractivity contribution in [1.82, 2.24) is 0 Å². The van der Waals surface area contributed by atoms with Crippen LogP contribution in [0.1, 0.15) is 30.5 Å². The van der Waals surface area contributed by atoms with E-state index >= 15 is 0 Å². The lowest BCUT2D eigenvalue weighted by molar-refractivity contribution is 0.217. The summed E-state index contributed by atoms with van der Waals surface area (Å²) in [4.78, 5) is 0. The van der Waals surface area contributed by atoms with Crippen molar-refractivity contribution < 1.29 is 9.47 Å². The third-order valence-electron chi connectivity index (χ3n) is 4.68. The fourth-order valence-corrected chi connectivity index (χ4v) is 2.93. The summed E-state index contributed by atoms with van der Waals surface area (Å²) in [5.74, 6) is 1.56. The van der Waals surface area contributed by atoms with Gasteiger partial charge in [0, 0.05) is 5.41 Å². The fourth-order valence-electron chi connectivity index (χ4n) is 2.93. The molecule has 136 valence electrons. The van der Waals surface area contributed by atoms with Gasteiger partial charge in [0.15, 0.2) is 0 Å². The van der Waals surface area contributed by atoms with Gasteiger partial charge in [-0.3, -0.25) is 0 Å². The highest BCUT2D eigenvalue weighted by atomic mass is 16.5. The van der Waals surface area contributed by atoms with E-state index < -0.39 is 0 Å². The predicted octanol–water partition coefficient (Wildman–Crippen LogP) is 5.34. The van der Waals surface area contributed by atoms with E-state index in [0.717, 1.165) is 11.5 Å². The molecule has 0 heterocycles. The summed E-state index contributed by atoms with van der Waals surface area (Å²) in [5.41, 5.74) is 3.10. The first-order chi connectivity index (χ1) is 13.1. The number of nitrogens with zero attached hydrogens (tertiary/aromatic N) is 1. The second-order valence-corrected chi connectivity index (χ2v) is 6.85. The van der Waals surface area contributed by atoms with Gasteiger partial charge >= 0.3 is 0 Å². The van der Waals surface area contributed by atoms with Crippen LogP contribution in [-0.2, 0) is 5.41 Å². The molecular formula is C24H23NO2. The first-order valence-corrected chi connectivity index (χ1v) is 9.01. The number of hydrogen-bond acceptors (Lipinski definition) is 3. The summed E-state index contributed by atoms with van der Waals surface area (Å²) in [6.07, 6.45) is 0. The van der Waals surface area contributed by atoms with Crippen molar-refractivity contribution in [2.24, 2.45) is 0 Å². The maximum atomic E-state index is 8.79. The molecule has 0 aliphatic heterocycles. The van der Waals surface area contributed by atoms with Crippen molar-refractivity contribution in [2.75, 3.05) is 13.2 Å². The van der Waals surface area contributed by atoms with Crippen molar-refractivity contribution in [2.45, 2.75) is 19.3 Å². The molecule has 0 unspecified atom stereocenters. The smallest absolute Gasteiger partial charge is 0.122 e. The first-order valence-electron chi connectivity index (χ1n) is 9.01. The van der Waals surface area contributed by atoms with Gasteiger partial charge in [-0.15, -0.1) is 0 Å². The molecule has 0 atom stereocenters. The van der Waals surface area contributed by atoms with Crippen molar-refractivity contribution in [1.29, 1.82) is 5.26 Å². The molecule has 0 aromatic heterocycles. The van der Waals surface area contributed by atoms with Gasteiger partial charge in [0.2, 0.25) is 0 Å². The zero-order chi connectivity index (χ0) is 19.1. The minimum absolute atomic E-state index is 0.0571. The molecule has 0 N–H and O–H groups in total. The topological polar surface area (TPSA) is 42.2 Å². The lowest BCUT2D eigenvalue weighted by Gasteiger charge is -2.26. The Morgan fingerprint density at radius 3 is 1.70 bits per heavy atom. The fraction of sp³-hybridized carbons (Fsp3) is 0.208. The number of hydrogen-bond donors (Lipinski definition) is 0. The Labute approximate surface area is 160 Å². The van der Waals surface area contributed by atoms with Gasteiger partial charge in [-0.05, 0) is 47.5 Å². The second-order valence-electron chi connectivity index (χ2n) is 6.85. The third-order valence-corrected chi connectivity index (χ3v) is 4.68. The molecule has 3 heteroatoms. The van der Waals surface area contributed by atoms with E-state index in [1.807, 2.05) is 18.2 Å². The largest absolute Gasteiger partial charge is 0.490 e. The van der Waals surface area contributed by atoms with Crippen LogP contribution >= 0.6 is 0 Å². The molecular weight excluding hydrogens is 334 g/mol. The minimum atomic E-state index is -0.0571. The Morgan fingerprint density at radius 1 is 0.704 bits per heavy atom. The quantitative estimate of drug-likeness (QED) is 0.536. The minimum Gasteiger partial charge on any atom is -0.490 e. The Morgan fingerprint density at radius 2 is 1.19 bits per heavy atom. The molecule has 0 bridgehead atoms. The molecule has 0 amide bonds. The van der Waals surface area contributed by atoms with E-state index in [0.29, 0.717) is 18.8 Å². The van der Waals surface area contributed by atoms with Gasteiger partial charge in [-0.25, -0.2) is 0 Å². The maximum Gasteiger partial charge on any atom is 0.122 e. The second kappa shape index (κ2) is 8.42. The summed E-state index contributed by atoms with van der Waals surface area (Å²) < 4.78 is 11.4. The van der Waals surface area contributed by atoms with E-state index in [4.69, 9.17) is 14.7 Å². The van der Waals surface area contributed by atoms with Gasteiger partial charge in [0.25, 0.3) is 0 Å². The SMILES string of the molecule is CC(C)(c1ccccc1)c1ccc(OCCOc2ccc(C#N)cc2)cc1. The van der Waals surface area contributed by atoms with Crippen LogP contribution in [-0.4, -0.2) is 13.2 Å². The molecule has 0 radical (unpaired) electrons. The van der Waals surface area contributed by atoms with E-state index in [2.05, 4.69) is 56.3 Å². The van der Waals surface area contributed by atoms with Crippen LogP contribution in [0.4, 0.5) is 0 Å². The van der Waals surface area contributed by atoms with Gasteiger partial charge in [0.05, 0.1) is 11.6 Å². The summed E-state index contributed by atoms with van der Waals surface area (Å²) in [5, 5.41) is 8.79. The Bertz CT molecular complexity index is 892. The number of rotatable bonds is 7. The maximum absolute atomic E-state index is 8.79. The normalized spacial score (nSPS) is 10.9. The van der Waals surface area contributed by atoms with Gasteiger partial charge in [-0.1, -0.05) is 56.3 Å². The van der Waals surface area contributed by atoms with Crippen LogP contribution in [0.5, 0.6) is 11.5 Å². The third kappa shape index (κ3) is 4.68. The van der Waals surface area contributed by atoms with Crippen LogP contribution in [0.25, 0.3) is 0 Å². The average Bonchev–Trinajstić information content (AvgIpc) is 2.72. The summed E-state index contributed by atoms with van der Waals surface area (Å²) in [6, 6.07) is 27.9. The molecule has 0 spiro atoms. The number of benzene rings is 3. The van der Waals surface area contributed by atoms with Gasteiger partial charge in [-0.2, -0.15) is 5.26 Å². The number of ether oxygens (including phenoxy) is 2. The first kappa shape index (κ1) is 18.5. The van der Waals surface area contributed by atoms with Crippen LogP contribution in [0.3, 0.4) is 0 Å². The average molecular weight is 357 g/mol. The highest BCUT2D eigenvalue weighted by molar-refractivity contribution is 5.40. The zero-order valence-electron chi connectivity index (χ0n) is 15.7. The Balaban J connectivity index is 1.52. The van der Waals surface area contributed by atoms with Crippen molar-refractivity contribution >= 4 is 0 Å². The van der Waals surface area contributed by atoms with Crippen molar-refractivity contribution in [3.8, 4) is 17.6 Å². The Kier molecular flexibility index (Phi) is 5.78. The van der Waals surface area contributed by atoms with Gasteiger partial charge < -0.3 is 9.47 Å². The molecule has 0 fully saturated rings. The van der Waals surface area contributed by atoms with Crippen molar-refractivity contribution in [3.63, 3.8) is 0 Å². The van der Waals surface area contributed by atoms with Crippen LogP contribution in [0, 0.1) is 11.3 Å². The van der Waals surface area contributed by atoms with Crippen LogP contribution in [0.2, 0.25) is 0 Å². The van der Waals surface area contributed by atoms with E-state index in [1.54, 1.807) is 24.3 Å². The molecule has 0 saturated carbocycles. The standard InChI is InChI=1S/C24H23NO2/c1-24(2,20-6-4-3-5-7-20)21-10-14-23(15-11-21)27-17-16-26-22-12-8-19(18-25)9-13-22/h3-15H,16-17H2,1-2H3. The summed E-state index contributed by atoms with van der Waals surface area (Å²) in [6.45, 7) is 5.36. The highest BCUT2D eigenvalue weighted by Gasteiger charge is 2.22. The molecule has 3 rings (SSSR count). The van der Waals surface area contributed by atoms with Crippen molar-refractivity contribution in [3.05, 3.63) is 95.6 Å².